The Morgan fingerprint density at radius 2 is 1.79 bits per heavy atom. The molecule has 1 saturated carbocycles. The fraction of sp³-hybridized carbons (Fsp3) is 0.607. The monoisotopic (exact) mass is 528 g/mol. The van der Waals surface area contributed by atoms with Crippen molar-refractivity contribution in [2.75, 3.05) is 44.8 Å². The van der Waals surface area contributed by atoms with Crippen molar-refractivity contribution >= 4 is 16.7 Å². The molecule has 0 bridgehead atoms. The minimum Gasteiger partial charge on any atom is -0.381 e. The van der Waals surface area contributed by atoms with Crippen LogP contribution in [0.2, 0.25) is 0 Å². The van der Waals surface area contributed by atoms with Gasteiger partial charge in [0.15, 0.2) is 5.82 Å². The third-order valence-corrected chi connectivity index (χ3v) is 8.98. The lowest BCUT2D eigenvalue weighted by Crippen LogP contribution is -2.35. The van der Waals surface area contributed by atoms with Crippen LogP contribution in [0, 0.1) is 24.7 Å². The molecule has 6 rings (SSSR count). The van der Waals surface area contributed by atoms with E-state index in [0.29, 0.717) is 23.0 Å². The van der Waals surface area contributed by atoms with Gasteiger partial charge in [-0.25, -0.2) is 0 Å². The molecule has 3 atom stereocenters. The lowest BCUT2D eigenvalue weighted by atomic mass is 9.98. The average molecular weight is 529 g/mol. The fourth-order valence-corrected chi connectivity index (χ4v) is 6.89. The van der Waals surface area contributed by atoms with Gasteiger partial charge in [-0.15, -0.1) is 10.2 Å². The van der Waals surface area contributed by atoms with Crippen LogP contribution in [0.15, 0.2) is 24.4 Å². The number of likely N-dealkylation sites (tertiary alicyclic amines) is 1. The van der Waals surface area contributed by atoms with Gasteiger partial charge >= 0.3 is 6.18 Å². The van der Waals surface area contributed by atoms with Crippen LogP contribution in [0.4, 0.5) is 19.0 Å². The second-order valence-electron chi connectivity index (χ2n) is 11.5. The summed E-state index contributed by atoms with van der Waals surface area (Å²) in [6, 6.07) is 4.76. The molecule has 204 valence electrons. The molecule has 3 aliphatic rings. The molecule has 10 heteroatoms. The topological polar surface area (TPSA) is 59.3 Å². The summed E-state index contributed by atoms with van der Waals surface area (Å²) in [6.45, 7) is 6.86. The van der Waals surface area contributed by atoms with E-state index in [2.05, 4.69) is 20.2 Å². The molecule has 38 heavy (non-hydrogen) atoms. The van der Waals surface area contributed by atoms with Crippen molar-refractivity contribution in [3.63, 3.8) is 0 Å². The van der Waals surface area contributed by atoms with E-state index in [-0.39, 0.29) is 17.6 Å². The molecule has 1 aromatic carbocycles. The third kappa shape index (κ3) is 4.77. The van der Waals surface area contributed by atoms with E-state index >= 15 is 0 Å². The average Bonchev–Trinajstić information content (AvgIpc) is 3.56. The maximum Gasteiger partial charge on any atom is 0.418 e. The highest BCUT2D eigenvalue weighted by molar-refractivity contribution is 5.88. The first-order chi connectivity index (χ1) is 18.2. The van der Waals surface area contributed by atoms with Crippen LogP contribution < -0.4 is 4.90 Å². The number of aryl methyl sites for hydroxylation is 2. The smallest absolute Gasteiger partial charge is 0.381 e. The number of fused-ring (bicyclic) bond motifs is 2. The molecular weight excluding hydrogens is 493 g/mol. The summed E-state index contributed by atoms with van der Waals surface area (Å²) >= 11 is 0. The number of ether oxygens (including phenoxy) is 1. The minimum absolute atomic E-state index is 0.134. The lowest BCUT2D eigenvalue weighted by molar-refractivity contribution is -0.137. The summed E-state index contributed by atoms with van der Waals surface area (Å²) in [5, 5.41) is 13.7. The summed E-state index contributed by atoms with van der Waals surface area (Å²) in [4.78, 5) is 4.52. The van der Waals surface area contributed by atoms with E-state index in [4.69, 9.17) is 4.74 Å². The van der Waals surface area contributed by atoms with Gasteiger partial charge in [0.1, 0.15) is 5.69 Å². The van der Waals surface area contributed by atoms with Crippen LogP contribution in [0.25, 0.3) is 22.2 Å². The highest BCUT2D eigenvalue weighted by Crippen LogP contribution is 2.43. The van der Waals surface area contributed by atoms with Crippen molar-refractivity contribution in [2.24, 2.45) is 24.8 Å². The quantitative estimate of drug-likeness (QED) is 0.468. The summed E-state index contributed by atoms with van der Waals surface area (Å²) < 4.78 is 50.1. The Labute approximate surface area is 221 Å². The zero-order valence-electron chi connectivity index (χ0n) is 22.2. The first kappa shape index (κ1) is 25.6. The number of alkyl halides is 3. The van der Waals surface area contributed by atoms with Gasteiger partial charge in [-0.05, 0) is 68.1 Å². The van der Waals surface area contributed by atoms with Gasteiger partial charge in [-0.1, -0.05) is 6.07 Å². The van der Waals surface area contributed by atoms with Crippen molar-refractivity contribution in [1.29, 1.82) is 0 Å². The molecule has 0 radical (unpaired) electrons. The number of anilines is 1. The number of halogens is 3. The molecule has 3 aromatic rings. The number of hydrogen-bond acceptors (Lipinski definition) is 6. The molecule has 1 unspecified atom stereocenters. The molecular formula is C28H35F3N6O. The van der Waals surface area contributed by atoms with Crippen LogP contribution in [0.5, 0.6) is 0 Å². The number of hydrogen-bond donors (Lipinski definition) is 0. The van der Waals surface area contributed by atoms with Gasteiger partial charge in [-0.2, -0.15) is 18.3 Å². The van der Waals surface area contributed by atoms with E-state index in [1.54, 1.807) is 23.9 Å². The molecule has 0 spiro atoms. The zero-order valence-corrected chi connectivity index (χ0v) is 22.2. The van der Waals surface area contributed by atoms with Crippen LogP contribution in [-0.2, 0) is 18.0 Å². The van der Waals surface area contributed by atoms with Crippen LogP contribution >= 0.6 is 0 Å². The molecule has 3 fully saturated rings. The van der Waals surface area contributed by atoms with Gasteiger partial charge in [0.25, 0.3) is 0 Å². The minimum atomic E-state index is -4.55. The molecule has 7 nitrogen and oxygen atoms in total. The second-order valence-corrected chi connectivity index (χ2v) is 11.5. The number of benzene rings is 1. The van der Waals surface area contributed by atoms with Gasteiger partial charge in [0.2, 0.25) is 0 Å². The Kier molecular flexibility index (Phi) is 6.58. The standard InChI is InChI=1S/C28H35F3N6O/c1-17-22(4-5-25-23(17)16-35(2)34-25)27-24(28(29,30)31)12-26(32-33-27)36(3)21-10-19-14-37(15-20(19)11-21)13-18-6-8-38-9-7-18/h4-5,12,16,18-21H,6-11,13-15H2,1-3H3/t19-,20+,21?. The molecule has 4 heterocycles. The van der Waals surface area contributed by atoms with Gasteiger partial charge in [-0.3, -0.25) is 4.68 Å². The normalized spacial score (nSPS) is 24.8. The van der Waals surface area contributed by atoms with Crippen LogP contribution in [-0.4, -0.2) is 70.8 Å². The van der Waals surface area contributed by atoms with E-state index in [1.165, 1.54) is 6.07 Å². The van der Waals surface area contributed by atoms with Crippen molar-refractivity contribution in [2.45, 2.75) is 44.8 Å². The molecule has 1 aliphatic carbocycles. The number of rotatable bonds is 5. The largest absolute Gasteiger partial charge is 0.418 e. The Balaban J connectivity index is 1.20. The van der Waals surface area contributed by atoms with Gasteiger partial charge in [0, 0.05) is 70.1 Å². The fourth-order valence-electron chi connectivity index (χ4n) is 6.89. The highest BCUT2D eigenvalue weighted by Gasteiger charge is 2.43. The number of nitrogens with zero attached hydrogens (tertiary/aromatic N) is 6. The number of aromatic nitrogens is 4. The Bertz CT molecular complexity index is 1300. The highest BCUT2D eigenvalue weighted by atomic mass is 19.4. The maximum atomic E-state index is 14.3. The second kappa shape index (κ2) is 9.79. The first-order valence-electron chi connectivity index (χ1n) is 13.6. The predicted molar refractivity (Wildman–Crippen MR) is 140 cm³/mol. The molecule has 0 N–H and O–H groups in total. The van der Waals surface area contributed by atoms with Crippen molar-refractivity contribution in [1.82, 2.24) is 24.9 Å². The predicted octanol–water partition coefficient (Wildman–Crippen LogP) is 4.93. The van der Waals surface area contributed by atoms with E-state index < -0.39 is 11.7 Å². The Hall–Kier alpha value is -2.72. The summed E-state index contributed by atoms with van der Waals surface area (Å²) in [5.41, 5.74) is 1.00. The van der Waals surface area contributed by atoms with E-state index in [9.17, 15) is 13.2 Å². The molecule has 2 aliphatic heterocycles. The van der Waals surface area contributed by atoms with Crippen molar-refractivity contribution in [3.8, 4) is 11.3 Å². The van der Waals surface area contributed by atoms with Crippen molar-refractivity contribution in [3.05, 3.63) is 35.5 Å². The molecule has 2 saturated heterocycles. The summed E-state index contributed by atoms with van der Waals surface area (Å²) in [5.74, 6) is 2.18. The zero-order chi connectivity index (χ0) is 26.6. The van der Waals surface area contributed by atoms with Gasteiger partial charge in [0.05, 0.1) is 11.1 Å². The Morgan fingerprint density at radius 3 is 2.47 bits per heavy atom. The SMILES string of the molecule is Cc1c(-c2nnc(N(C)C3C[C@@H]4CN(CC5CCOCC5)C[C@@H]4C3)cc2C(F)(F)F)ccc2nn(C)cc12. The van der Waals surface area contributed by atoms with Crippen molar-refractivity contribution < 1.29 is 17.9 Å². The van der Waals surface area contributed by atoms with Crippen LogP contribution in [0.1, 0.15) is 36.8 Å². The molecule has 0 amide bonds. The van der Waals surface area contributed by atoms with E-state index in [1.807, 2.05) is 25.1 Å². The Morgan fingerprint density at radius 1 is 1.08 bits per heavy atom. The summed E-state index contributed by atoms with van der Waals surface area (Å²) in [6.07, 6.45) is 1.51. The first-order valence-corrected chi connectivity index (χ1v) is 13.6. The van der Waals surface area contributed by atoms with Gasteiger partial charge < -0.3 is 14.5 Å². The maximum absolute atomic E-state index is 14.3. The lowest BCUT2D eigenvalue weighted by Gasteiger charge is -2.30. The third-order valence-electron chi connectivity index (χ3n) is 8.98. The van der Waals surface area contributed by atoms with E-state index in [0.717, 1.165) is 75.4 Å². The van der Waals surface area contributed by atoms with Crippen LogP contribution in [0.3, 0.4) is 0 Å². The molecule has 2 aromatic heterocycles. The summed E-state index contributed by atoms with van der Waals surface area (Å²) in [7, 11) is 3.66.